The third kappa shape index (κ3) is 3.20. The van der Waals surface area contributed by atoms with E-state index in [9.17, 15) is 0 Å². The first kappa shape index (κ1) is 10.4. The van der Waals surface area contributed by atoms with Crippen molar-refractivity contribution in [2.75, 3.05) is 13.2 Å². The third-order valence-corrected chi connectivity index (χ3v) is 2.55. The molecule has 4 nitrogen and oxygen atoms in total. The van der Waals surface area contributed by atoms with Gasteiger partial charge in [0.2, 0.25) is 0 Å². The van der Waals surface area contributed by atoms with E-state index in [4.69, 9.17) is 19.2 Å². The summed E-state index contributed by atoms with van der Waals surface area (Å²) < 4.78 is 10.7. The zero-order valence-electron chi connectivity index (χ0n) is 8.44. The van der Waals surface area contributed by atoms with Gasteiger partial charge in [-0.2, -0.15) is 0 Å². The molecule has 0 amide bonds. The molecule has 2 aliphatic rings. The SMILES string of the molecule is C1CCC(OOC2CCCCO2)OC1. The predicted octanol–water partition coefficient (Wildman–Crippen LogP) is 1.99. The Bertz CT molecular complexity index is 132. The monoisotopic (exact) mass is 202 g/mol. The Kier molecular flexibility index (Phi) is 4.19. The molecule has 0 aliphatic carbocycles. The first-order chi connectivity index (χ1) is 6.95. The van der Waals surface area contributed by atoms with Crippen LogP contribution in [0.5, 0.6) is 0 Å². The van der Waals surface area contributed by atoms with Crippen LogP contribution in [0.1, 0.15) is 38.5 Å². The van der Waals surface area contributed by atoms with Crippen LogP contribution in [0.15, 0.2) is 0 Å². The molecular weight excluding hydrogens is 184 g/mol. The number of hydrogen-bond donors (Lipinski definition) is 0. The maximum Gasteiger partial charge on any atom is 0.191 e. The molecule has 0 aromatic carbocycles. The van der Waals surface area contributed by atoms with Crippen LogP contribution in [0.4, 0.5) is 0 Å². The maximum atomic E-state index is 5.37. The van der Waals surface area contributed by atoms with Gasteiger partial charge in [0, 0.05) is 26.1 Å². The quantitative estimate of drug-likeness (QED) is 0.518. The minimum absolute atomic E-state index is 0.186. The highest BCUT2D eigenvalue weighted by atomic mass is 17.2. The molecule has 82 valence electrons. The molecule has 0 spiro atoms. The van der Waals surface area contributed by atoms with Crippen LogP contribution in [-0.2, 0) is 19.2 Å². The lowest BCUT2D eigenvalue weighted by Gasteiger charge is -2.26. The van der Waals surface area contributed by atoms with E-state index in [1.165, 1.54) is 0 Å². The van der Waals surface area contributed by atoms with Crippen LogP contribution in [0.2, 0.25) is 0 Å². The lowest BCUT2D eigenvalue weighted by atomic mass is 10.2. The number of hydrogen-bond acceptors (Lipinski definition) is 4. The molecule has 2 fully saturated rings. The Labute approximate surface area is 84.4 Å². The molecule has 0 saturated carbocycles. The van der Waals surface area contributed by atoms with Crippen LogP contribution >= 0.6 is 0 Å². The van der Waals surface area contributed by atoms with Gasteiger partial charge in [-0.15, -0.1) is 0 Å². The molecule has 0 aromatic rings. The van der Waals surface area contributed by atoms with Crippen molar-refractivity contribution in [3.8, 4) is 0 Å². The van der Waals surface area contributed by atoms with Crippen molar-refractivity contribution in [2.24, 2.45) is 0 Å². The van der Waals surface area contributed by atoms with E-state index < -0.39 is 0 Å². The highest BCUT2D eigenvalue weighted by Crippen LogP contribution is 2.18. The van der Waals surface area contributed by atoms with Crippen LogP contribution in [0.3, 0.4) is 0 Å². The summed E-state index contributed by atoms with van der Waals surface area (Å²) in [5.74, 6) is 0. The number of rotatable bonds is 3. The van der Waals surface area contributed by atoms with Gasteiger partial charge in [-0.1, -0.05) is 0 Å². The summed E-state index contributed by atoms with van der Waals surface area (Å²) in [5.41, 5.74) is 0. The molecule has 2 atom stereocenters. The summed E-state index contributed by atoms with van der Waals surface area (Å²) in [4.78, 5) is 10.4. The largest absolute Gasteiger partial charge is 0.350 e. The molecule has 0 N–H and O–H groups in total. The smallest absolute Gasteiger partial charge is 0.191 e. The van der Waals surface area contributed by atoms with Gasteiger partial charge in [-0.3, -0.25) is 0 Å². The zero-order valence-corrected chi connectivity index (χ0v) is 8.44. The molecule has 14 heavy (non-hydrogen) atoms. The van der Waals surface area contributed by atoms with Gasteiger partial charge in [-0.05, 0) is 25.7 Å². The van der Waals surface area contributed by atoms with Crippen molar-refractivity contribution in [3.63, 3.8) is 0 Å². The Morgan fingerprint density at radius 3 is 1.57 bits per heavy atom. The van der Waals surface area contributed by atoms with Gasteiger partial charge in [0.1, 0.15) is 0 Å². The van der Waals surface area contributed by atoms with Crippen LogP contribution in [0, 0.1) is 0 Å². The standard InChI is InChI=1S/C10H18O4/c1-3-7-11-9(5-1)13-14-10-6-2-4-8-12-10/h9-10H,1-8H2. The Balaban J connectivity index is 1.60. The second kappa shape index (κ2) is 5.66. The first-order valence-electron chi connectivity index (χ1n) is 5.50. The van der Waals surface area contributed by atoms with E-state index in [0.717, 1.165) is 51.7 Å². The van der Waals surface area contributed by atoms with Gasteiger partial charge < -0.3 is 9.47 Å². The molecule has 2 saturated heterocycles. The third-order valence-electron chi connectivity index (χ3n) is 2.55. The predicted molar refractivity (Wildman–Crippen MR) is 49.4 cm³/mol. The molecular formula is C10H18O4. The van der Waals surface area contributed by atoms with Crippen molar-refractivity contribution >= 4 is 0 Å². The summed E-state index contributed by atoms with van der Waals surface area (Å²) >= 11 is 0. The fourth-order valence-corrected chi connectivity index (χ4v) is 1.70. The second-order valence-corrected chi connectivity index (χ2v) is 3.78. The van der Waals surface area contributed by atoms with Gasteiger partial charge in [0.15, 0.2) is 12.6 Å². The van der Waals surface area contributed by atoms with Crippen LogP contribution in [0.25, 0.3) is 0 Å². The fraction of sp³-hybridized carbons (Fsp3) is 1.00. The van der Waals surface area contributed by atoms with E-state index in [1.807, 2.05) is 0 Å². The normalized spacial score (nSPS) is 34.3. The topological polar surface area (TPSA) is 36.9 Å². The minimum Gasteiger partial charge on any atom is -0.350 e. The summed E-state index contributed by atoms with van der Waals surface area (Å²) in [5, 5.41) is 0. The second-order valence-electron chi connectivity index (χ2n) is 3.78. The van der Waals surface area contributed by atoms with E-state index in [2.05, 4.69) is 0 Å². The van der Waals surface area contributed by atoms with Crippen molar-refractivity contribution < 1.29 is 19.2 Å². The Morgan fingerprint density at radius 2 is 1.21 bits per heavy atom. The summed E-state index contributed by atoms with van der Waals surface area (Å²) in [6, 6.07) is 0. The van der Waals surface area contributed by atoms with Crippen LogP contribution < -0.4 is 0 Å². The molecule has 4 heteroatoms. The van der Waals surface area contributed by atoms with Gasteiger partial charge in [0.25, 0.3) is 0 Å². The average molecular weight is 202 g/mol. The maximum absolute atomic E-state index is 5.37. The molecule has 2 rings (SSSR count). The molecule has 0 aromatic heterocycles. The molecule has 0 bridgehead atoms. The fourth-order valence-electron chi connectivity index (χ4n) is 1.70. The van der Waals surface area contributed by atoms with Gasteiger partial charge in [-0.25, -0.2) is 9.78 Å². The Hall–Kier alpha value is -0.160. The zero-order chi connectivity index (χ0) is 9.64. The Morgan fingerprint density at radius 1 is 0.714 bits per heavy atom. The lowest BCUT2D eigenvalue weighted by Crippen LogP contribution is -2.28. The van der Waals surface area contributed by atoms with E-state index >= 15 is 0 Å². The van der Waals surface area contributed by atoms with E-state index in [1.54, 1.807) is 0 Å². The van der Waals surface area contributed by atoms with E-state index in [0.29, 0.717) is 0 Å². The van der Waals surface area contributed by atoms with Crippen molar-refractivity contribution in [2.45, 2.75) is 51.1 Å². The molecule has 0 radical (unpaired) electrons. The van der Waals surface area contributed by atoms with E-state index in [-0.39, 0.29) is 12.6 Å². The summed E-state index contributed by atoms with van der Waals surface area (Å²) in [6.07, 6.45) is 6.03. The lowest BCUT2D eigenvalue weighted by molar-refractivity contribution is -0.441. The summed E-state index contributed by atoms with van der Waals surface area (Å²) in [7, 11) is 0. The molecule has 2 unspecified atom stereocenters. The minimum atomic E-state index is -0.186. The van der Waals surface area contributed by atoms with Crippen molar-refractivity contribution in [1.29, 1.82) is 0 Å². The number of ether oxygens (including phenoxy) is 2. The van der Waals surface area contributed by atoms with Gasteiger partial charge >= 0.3 is 0 Å². The summed E-state index contributed by atoms with van der Waals surface area (Å²) in [6.45, 7) is 1.55. The van der Waals surface area contributed by atoms with Crippen molar-refractivity contribution in [1.82, 2.24) is 0 Å². The highest BCUT2D eigenvalue weighted by Gasteiger charge is 2.20. The molecule has 2 heterocycles. The van der Waals surface area contributed by atoms with Gasteiger partial charge in [0.05, 0.1) is 0 Å². The highest BCUT2D eigenvalue weighted by molar-refractivity contribution is 4.54. The first-order valence-corrected chi connectivity index (χ1v) is 5.50. The van der Waals surface area contributed by atoms with Crippen molar-refractivity contribution in [3.05, 3.63) is 0 Å². The molecule has 2 aliphatic heterocycles. The average Bonchev–Trinajstić information content (AvgIpc) is 2.29. The van der Waals surface area contributed by atoms with Crippen LogP contribution in [-0.4, -0.2) is 25.8 Å².